The van der Waals surface area contributed by atoms with Crippen LogP contribution >= 0.6 is 0 Å². The van der Waals surface area contributed by atoms with Crippen LogP contribution < -0.4 is 4.74 Å². The maximum Gasteiger partial charge on any atom is 0.254 e. The summed E-state index contributed by atoms with van der Waals surface area (Å²) in [4.78, 5) is 0. The minimum atomic E-state index is -0.384. The Morgan fingerprint density at radius 2 is 2.38 bits per heavy atom. The minimum absolute atomic E-state index is 0.191. The van der Waals surface area contributed by atoms with Crippen LogP contribution in [0.25, 0.3) is 0 Å². The highest BCUT2D eigenvalue weighted by atomic mass is 16.5. The Kier molecular flexibility index (Phi) is 1.80. The summed E-state index contributed by atoms with van der Waals surface area (Å²) in [5.74, 6) is 1.21. The van der Waals surface area contributed by atoms with E-state index in [9.17, 15) is 5.11 Å². The molecule has 1 fully saturated rings. The second-order valence-electron chi connectivity index (χ2n) is 3.57. The van der Waals surface area contributed by atoms with E-state index in [1.807, 2.05) is 0 Å². The lowest BCUT2D eigenvalue weighted by Crippen LogP contribution is -2.21. The van der Waals surface area contributed by atoms with E-state index in [0.717, 1.165) is 18.6 Å². The number of rotatable bonds is 3. The zero-order valence-electron chi connectivity index (χ0n) is 7.78. The molecule has 4 nitrogen and oxygen atoms in total. The van der Waals surface area contributed by atoms with E-state index in [4.69, 9.17) is 9.26 Å². The predicted octanol–water partition coefficient (Wildman–Crippen LogP) is 1.10. The quantitative estimate of drug-likeness (QED) is 0.762. The molecule has 0 spiro atoms. The topological polar surface area (TPSA) is 55.5 Å². The molecule has 0 aromatic carbocycles. The van der Waals surface area contributed by atoms with Crippen LogP contribution in [0.2, 0.25) is 0 Å². The van der Waals surface area contributed by atoms with Crippen molar-refractivity contribution in [2.24, 2.45) is 0 Å². The normalized spacial score (nSPS) is 21.2. The van der Waals surface area contributed by atoms with Crippen LogP contribution in [0.3, 0.4) is 0 Å². The van der Waals surface area contributed by atoms with Gasteiger partial charge in [-0.1, -0.05) is 0 Å². The van der Waals surface area contributed by atoms with Crippen molar-refractivity contribution in [3.05, 3.63) is 11.8 Å². The minimum Gasteiger partial charge on any atom is -0.479 e. The van der Waals surface area contributed by atoms with Crippen molar-refractivity contribution in [3.8, 4) is 5.88 Å². The van der Waals surface area contributed by atoms with Crippen molar-refractivity contribution in [3.63, 3.8) is 0 Å². The van der Waals surface area contributed by atoms with Gasteiger partial charge in [0.15, 0.2) is 0 Å². The molecular formula is C9H13NO3. The summed E-state index contributed by atoms with van der Waals surface area (Å²) < 4.78 is 10.0. The highest BCUT2D eigenvalue weighted by Gasteiger charge is 2.51. The van der Waals surface area contributed by atoms with Crippen molar-refractivity contribution in [1.29, 1.82) is 0 Å². The number of aliphatic hydroxyl groups is 1. The molecule has 1 aromatic rings. The number of ether oxygens (including phenoxy) is 1. The zero-order chi connectivity index (χ0) is 9.47. The molecule has 0 aliphatic heterocycles. The van der Waals surface area contributed by atoms with E-state index in [1.54, 1.807) is 20.1 Å². The average Bonchev–Trinajstić information content (AvgIpc) is 2.79. The molecule has 1 unspecified atom stereocenters. The van der Waals surface area contributed by atoms with E-state index in [0.29, 0.717) is 5.88 Å². The van der Waals surface area contributed by atoms with Crippen molar-refractivity contribution >= 4 is 0 Å². The van der Waals surface area contributed by atoms with E-state index >= 15 is 0 Å². The van der Waals surface area contributed by atoms with Crippen LogP contribution in [-0.2, 0) is 5.41 Å². The number of aromatic nitrogens is 1. The molecule has 4 heteroatoms. The Morgan fingerprint density at radius 1 is 1.69 bits per heavy atom. The van der Waals surface area contributed by atoms with Gasteiger partial charge in [-0.25, -0.2) is 0 Å². The summed E-state index contributed by atoms with van der Waals surface area (Å²) in [6.07, 6.45) is 1.54. The molecule has 1 heterocycles. The maximum atomic E-state index is 9.55. The number of nitrogens with zero attached hydrogens (tertiary/aromatic N) is 1. The molecule has 72 valence electrons. The summed E-state index contributed by atoms with van der Waals surface area (Å²) in [7, 11) is 1.55. The second kappa shape index (κ2) is 2.73. The van der Waals surface area contributed by atoms with Gasteiger partial charge in [-0.3, -0.25) is 0 Å². The van der Waals surface area contributed by atoms with E-state index in [2.05, 4.69) is 5.16 Å². The number of methoxy groups -OCH3 is 1. The standard InChI is InChI=1S/C9H13NO3/c1-6(11)9(3-4-9)7-5-8(12-2)10-13-7/h5-6,11H,3-4H2,1-2H3. The largest absolute Gasteiger partial charge is 0.479 e. The Labute approximate surface area is 76.5 Å². The molecule has 1 aromatic heterocycles. The van der Waals surface area contributed by atoms with Crippen LogP contribution in [0.1, 0.15) is 25.5 Å². The van der Waals surface area contributed by atoms with Gasteiger partial charge in [-0.15, -0.1) is 0 Å². The first kappa shape index (κ1) is 8.56. The number of hydrogen-bond acceptors (Lipinski definition) is 4. The highest BCUT2D eigenvalue weighted by Crippen LogP contribution is 2.51. The monoisotopic (exact) mass is 183 g/mol. The molecule has 1 aliphatic carbocycles. The molecule has 1 aliphatic rings. The van der Waals surface area contributed by atoms with Crippen LogP contribution in [0, 0.1) is 0 Å². The first-order valence-corrected chi connectivity index (χ1v) is 4.38. The lowest BCUT2D eigenvalue weighted by atomic mass is 9.97. The molecular weight excluding hydrogens is 170 g/mol. The van der Waals surface area contributed by atoms with E-state index < -0.39 is 0 Å². The summed E-state index contributed by atoms with van der Waals surface area (Å²) >= 11 is 0. The molecule has 13 heavy (non-hydrogen) atoms. The average molecular weight is 183 g/mol. The molecule has 0 radical (unpaired) electrons. The van der Waals surface area contributed by atoms with Crippen molar-refractivity contribution in [2.45, 2.75) is 31.3 Å². The Bertz CT molecular complexity index is 302. The predicted molar refractivity (Wildman–Crippen MR) is 45.6 cm³/mol. The zero-order valence-corrected chi connectivity index (χ0v) is 7.78. The first-order chi connectivity index (χ1) is 6.19. The Balaban J connectivity index is 2.25. The van der Waals surface area contributed by atoms with Crippen LogP contribution in [0.4, 0.5) is 0 Å². The third-order valence-corrected chi connectivity index (χ3v) is 2.78. The van der Waals surface area contributed by atoms with E-state index in [-0.39, 0.29) is 11.5 Å². The SMILES string of the molecule is COc1cc(C2(C(C)O)CC2)on1. The summed E-state index contributed by atoms with van der Waals surface area (Å²) in [6.45, 7) is 1.78. The fourth-order valence-corrected chi connectivity index (χ4v) is 1.59. The lowest BCUT2D eigenvalue weighted by molar-refractivity contribution is 0.133. The van der Waals surface area contributed by atoms with E-state index in [1.165, 1.54) is 0 Å². The van der Waals surface area contributed by atoms with Crippen LogP contribution in [0.15, 0.2) is 10.6 Å². The Hall–Kier alpha value is -1.03. The van der Waals surface area contributed by atoms with Gasteiger partial charge in [0, 0.05) is 6.07 Å². The van der Waals surface area contributed by atoms with Gasteiger partial charge in [0.25, 0.3) is 5.88 Å². The third-order valence-electron chi connectivity index (χ3n) is 2.78. The molecule has 2 rings (SSSR count). The van der Waals surface area contributed by atoms with Gasteiger partial charge in [0.05, 0.1) is 18.6 Å². The highest BCUT2D eigenvalue weighted by molar-refractivity contribution is 5.27. The molecule has 0 bridgehead atoms. The van der Waals surface area contributed by atoms with Crippen LogP contribution in [-0.4, -0.2) is 23.5 Å². The molecule has 1 saturated carbocycles. The summed E-state index contributed by atoms with van der Waals surface area (Å²) in [6, 6.07) is 1.75. The molecule has 0 amide bonds. The fraction of sp³-hybridized carbons (Fsp3) is 0.667. The van der Waals surface area contributed by atoms with Gasteiger partial charge in [0.2, 0.25) is 0 Å². The number of aliphatic hydroxyl groups excluding tert-OH is 1. The maximum absolute atomic E-state index is 9.55. The second-order valence-corrected chi connectivity index (χ2v) is 3.57. The smallest absolute Gasteiger partial charge is 0.254 e. The van der Waals surface area contributed by atoms with Gasteiger partial charge in [-0.2, -0.15) is 0 Å². The van der Waals surface area contributed by atoms with Crippen molar-refractivity contribution in [2.75, 3.05) is 7.11 Å². The van der Waals surface area contributed by atoms with Crippen LogP contribution in [0.5, 0.6) is 5.88 Å². The summed E-state index contributed by atoms with van der Waals surface area (Å²) in [5, 5.41) is 13.3. The van der Waals surface area contributed by atoms with Crippen molar-refractivity contribution < 1.29 is 14.4 Å². The van der Waals surface area contributed by atoms with Gasteiger partial charge >= 0.3 is 0 Å². The van der Waals surface area contributed by atoms with Gasteiger partial charge < -0.3 is 14.4 Å². The summed E-state index contributed by atoms with van der Waals surface area (Å²) in [5.41, 5.74) is -0.191. The molecule has 1 atom stereocenters. The molecule has 1 N–H and O–H groups in total. The Morgan fingerprint density at radius 3 is 2.77 bits per heavy atom. The first-order valence-electron chi connectivity index (χ1n) is 4.38. The lowest BCUT2D eigenvalue weighted by Gasteiger charge is -2.13. The third kappa shape index (κ3) is 1.21. The molecule has 0 saturated heterocycles. The fourth-order valence-electron chi connectivity index (χ4n) is 1.59. The van der Waals surface area contributed by atoms with Gasteiger partial charge in [-0.05, 0) is 24.9 Å². The number of hydrogen-bond donors (Lipinski definition) is 1. The van der Waals surface area contributed by atoms with Gasteiger partial charge in [0.1, 0.15) is 5.76 Å². The van der Waals surface area contributed by atoms with Crippen molar-refractivity contribution in [1.82, 2.24) is 5.16 Å².